The molecule has 118 valence electrons. The van der Waals surface area contributed by atoms with Gasteiger partial charge in [0.1, 0.15) is 5.69 Å². The quantitative estimate of drug-likeness (QED) is 0.687. The van der Waals surface area contributed by atoms with Gasteiger partial charge in [0.25, 0.3) is 5.91 Å². The number of aliphatic hydroxyl groups excluding tert-OH is 1. The molecule has 1 fully saturated rings. The summed E-state index contributed by atoms with van der Waals surface area (Å²) in [7, 11) is 0. The van der Waals surface area contributed by atoms with Gasteiger partial charge >= 0.3 is 0 Å². The number of unbranched alkanes of at least 4 members (excludes halogenated alkanes) is 2. The van der Waals surface area contributed by atoms with Crippen molar-refractivity contribution in [3.8, 4) is 0 Å². The van der Waals surface area contributed by atoms with E-state index in [4.69, 9.17) is 5.11 Å². The summed E-state index contributed by atoms with van der Waals surface area (Å²) in [5.74, 6) is 0.555. The molecule has 1 aliphatic carbocycles. The zero-order valence-corrected chi connectivity index (χ0v) is 13.1. The molecule has 2 N–H and O–H groups in total. The van der Waals surface area contributed by atoms with E-state index in [9.17, 15) is 4.79 Å². The maximum absolute atomic E-state index is 12.3. The predicted octanol–water partition coefficient (Wildman–Crippen LogP) is 2.31. The first kappa shape index (κ1) is 16.0. The second-order valence-electron chi connectivity index (χ2n) is 6.16. The van der Waals surface area contributed by atoms with E-state index >= 15 is 0 Å². The number of amides is 1. The summed E-state index contributed by atoms with van der Waals surface area (Å²) in [4.78, 5) is 12.3. The first-order chi connectivity index (χ1) is 10.2. The number of aromatic nitrogens is 2. The molecule has 2 rings (SSSR count). The SMILES string of the molecule is CCCCCn1nc(C2CC2)cc1C(=O)NCC(C)CO. The Balaban J connectivity index is 2.02. The fourth-order valence-corrected chi connectivity index (χ4v) is 2.30. The average Bonchev–Trinajstić information content (AvgIpc) is 3.25. The van der Waals surface area contributed by atoms with E-state index in [-0.39, 0.29) is 18.4 Å². The van der Waals surface area contributed by atoms with E-state index < -0.39 is 0 Å². The molecule has 1 aliphatic rings. The van der Waals surface area contributed by atoms with Gasteiger partial charge in [0.2, 0.25) is 0 Å². The normalized spacial score (nSPS) is 16.0. The van der Waals surface area contributed by atoms with Gasteiger partial charge in [-0.3, -0.25) is 9.48 Å². The molecule has 21 heavy (non-hydrogen) atoms. The summed E-state index contributed by atoms with van der Waals surface area (Å²) < 4.78 is 1.86. The van der Waals surface area contributed by atoms with Crippen molar-refractivity contribution in [2.24, 2.45) is 5.92 Å². The van der Waals surface area contributed by atoms with Gasteiger partial charge in [0, 0.05) is 25.6 Å². The second kappa shape index (κ2) is 7.59. The zero-order chi connectivity index (χ0) is 15.2. The highest BCUT2D eigenvalue weighted by Crippen LogP contribution is 2.39. The summed E-state index contributed by atoms with van der Waals surface area (Å²) in [6.07, 6.45) is 5.74. The lowest BCUT2D eigenvalue weighted by molar-refractivity contribution is 0.0931. The van der Waals surface area contributed by atoms with Gasteiger partial charge in [-0.05, 0) is 31.2 Å². The molecule has 1 aromatic rings. The van der Waals surface area contributed by atoms with Crippen molar-refractivity contribution < 1.29 is 9.90 Å². The predicted molar refractivity (Wildman–Crippen MR) is 82.3 cm³/mol. The van der Waals surface area contributed by atoms with E-state index in [1.165, 1.54) is 12.8 Å². The molecule has 0 aliphatic heterocycles. The van der Waals surface area contributed by atoms with Crippen LogP contribution in [0.4, 0.5) is 0 Å². The number of nitrogens with one attached hydrogen (secondary N) is 1. The Morgan fingerprint density at radius 1 is 1.52 bits per heavy atom. The molecule has 0 radical (unpaired) electrons. The van der Waals surface area contributed by atoms with Crippen molar-refractivity contribution in [2.75, 3.05) is 13.2 Å². The molecule has 1 heterocycles. The topological polar surface area (TPSA) is 67.2 Å². The second-order valence-corrected chi connectivity index (χ2v) is 6.16. The maximum atomic E-state index is 12.3. The van der Waals surface area contributed by atoms with E-state index in [2.05, 4.69) is 17.3 Å². The Labute approximate surface area is 126 Å². The molecule has 1 saturated carbocycles. The van der Waals surface area contributed by atoms with E-state index in [1.807, 2.05) is 17.7 Å². The fourth-order valence-electron chi connectivity index (χ4n) is 2.30. The fraction of sp³-hybridized carbons (Fsp3) is 0.750. The van der Waals surface area contributed by atoms with Gasteiger partial charge < -0.3 is 10.4 Å². The summed E-state index contributed by atoms with van der Waals surface area (Å²) >= 11 is 0. The van der Waals surface area contributed by atoms with Crippen LogP contribution < -0.4 is 5.32 Å². The average molecular weight is 293 g/mol. The minimum absolute atomic E-state index is 0.0771. The monoisotopic (exact) mass is 293 g/mol. The summed E-state index contributed by atoms with van der Waals surface area (Å²) in [6.45, 7) is 5.47. The number of nitrogens with zero attached hydrogens (tertiary/aromatic N) is 2. The molecule has 1 atom stereocenters. The van der Waals surface area contributed by atoms with Crippen LogP contribution in [0.1, 0.15) is 68.1 Å². The van der Waals surface area contributed by atoms with Crippen LogP contribution in [-0.4, -0.2) is 33.9 Å². The number of aryl methyl sites for hydroxylation is 1. The summed E-state index contributed by atoms with van der Waals surface area (Å²) in [6, 6.07) is 1.95. The Bertz CT molecular complexity index is 466. The molecular formula is C16H27N3O2. The van der Waals surface area contributed by atoms with Crippen LogP contribution in [0.5, 0.6) is 0 Å². The van der Waals surface area contributed by atoms with Gasteiger partial charge in [0.05, 0.1) is 5.69 Å². The van der Waals surface area contributed by atoms with Gasteiger partial charge in [-0.15, -0.1) is 0 Å². The van der Waals surface area contributed by atoms with Crippen LogP contribution >= 0.6 is 0 Å². The maximum Gasteiger partial charge on any atom is 0.269 e. The van der Waals surface area contributed by atoms with Crippen molar-refractivity contribution in [1.29, 1.82) is 0 Å². The smallest absolute Gasteiger partial charge is 0.269 e. The van der Waals surface area contributed by atoms with Gasteiger partial charge in [-0.2, -0.15) is 5.10 Å². The van der Waals surface area contributed by atoms with E-state index in [0.717, 1.165) is 31.5 Å². The lowest BCUT2D eigenvalue weighted by Gasteiger charge is -2.11. The summed E-state index contributed by atoms with van der Waals surface area (Å²) in [5, 5.41) is 16.5. The highest BCUT2D eigenvalue weighted by molar-refractivity contribution is 5.92. The Kier molecular flexibility index (Phi) is 5.79. The molecule has 1 amide bonds. The van der Waals surface area contributed by atoms with Crippen molar-refractivity contribution in [2.45, 2.75) is 58.4 Å². The Hall–Kier alpha value is -1.36. The van der Waals surface area contributed by atoms with Crippen LogP contribution in [0, 0.1) is 5.92 Å². The van der Waals surface area contributed by atoms with Crippen LogP contribution in [0.2, 0.25) is 0 Å². The number of rotatable bonds is 9. The van der Waals surface area contributed by atoms with Crippen molar-refractivity contribution in [1.82, 2.24) is 15.1 Å². The molecule has 0 aromatic carbocycles. The van der Waals surface area contributed by atoms with Crippen molar-refractivity contribution in [3.63, 3.8) is 0 Å². The molecule has 5 heteroatoms. The third kappa shape index (κ3) is 4.56. The van der Waals surface area contributed by atoms with Gasteiger partial charge in [-0.25, -0.2) is 0 Å². The molecule has 1 unspecified atom stereocenters. The van der Waals surface area contributed by atoms with Gasteiger partial charge in [0.15, 0.2) is 0 Å². The number of carbonyl (C=O) groups excluding carboxylic acids is 1. The molecule has 0 spiro atoms. The minimum atomic E-state index is -0.0776. The Morgan fingerprint density at radius 3 is 2.90 bits per heavy atom. The molecular weight excluding hydrogens is 266 g/mol. The van der Waals surface area contributed by atoms with Crippen LogP contribution in [0.3, 0.4) is 0 Å². The number of aliphatic hydroxyl groups is 1. The standard InChI is InChI=1S/C16H27N3O2/c1-3-4-5-8-19-15(9-14(18-19)13-6-7-13)16(21)17-10-12(2)11-20/h9,12-13,20H,3-8,10-11H2,1-2H3,(H,17,21). The molecule has 1 aromatic heterocycles. The van der Waals surface area contributed by atoms with Crippen LogP contribution in [0.25, 0.3) is 0 Å². The minimum Gasteiger partial charge on any atom is -0.396 e. The number of hydrogen-bond acceptors (Lipinski definition) is 3. The Morgan fingerprint density at radius 2 is 2.29 bits per heavy atom. The van der Waals surface area contributed by atoms with Gasteiger partial charge in [-0.1, -0.05) is 26.7 Å². The number of hydrogen-bond donors (Lipinski definition) is 2. The third-order valence-corrected chi connectivity index (χ3v) is 3.92. The van der Waals surface area contributed by atoms with Crippen molar-refractivity contribution in [3.05, 3.63) is 17.5 Å². The molecule has 0 bridgehead atoms. The van der Waals surface area contributed by atoms with E-state index in [0.29, 0.717) is 18.2 Å². The zero-order valence-electron chi connectivity index (χ0n) is 13.1. The molecule has 0 saturated heterocycles. The first-order valence-electron chi connectivity index (χ1n) is 8.12. The van der Waals surface area contributed by atoms with Crippen LogP contribution in [-0.2, 0) is 6.54 Å². The lowest BCUT2D eigenvalue weighted by atomic mass is 10.2. The van der Waals surface area contributed by atoms with Crippen LogP contribution in [0.15, 0.2) is 6.07 Å². The highest BCUT2D eigenvalue weighted by atomic mass is 16.3. The third-order valence-electron chi connectivity index (χ3n) is 3.92. The van der Waals surface area contributed by atoms with Crippen molar-refractivity contribution >= 4 is 5.91 Å². The number of carbonyl (C=O) groups is 1. The molecule has 5 nitrogen and oxygen atoms in total. The highest BCUT2D eigenvalue weighted by Gasteiger charge is 2.28. The van der Waals surface area contributed by atoms with E-state index in [1.54, 1.807) is 0 Å². The lowest BCUT2D eigenvalue weighted by Crippen LogP contribution is -2.31. The largest absolute Gasteiger partial charge is 0.396 e. The summed E-state index contributed by atoms with van der Waals surface area (Å²) in [5.41, 5.74) is 1.73. The first-order valence-corrected chi connectivity index (χ1v) is 8.12.